The highest BCUT2D eigenvalue weighted by Crippen LogP contribution is 2.45. The highest BCUT2D eigenvalue weighted by Gasteiger charge is 2.25. The highest BCUT2D eigenvalue weighted by atomic mass is 31.2. The number of ether oxygens (including phenoxy) is 1. The normalized spacial score (nSPS) is 17.8. The van der Waals surface area contributed by atoms with E-state index in [4.69, 9.17) is 9.05 Å². The highest BCUT2D eigenvalue weighted by molar-refractivity contribution is 7.53. The van der Waals surface area contributed by atoms with Gasteiger partial charge < -0.3 is 18.7 Å². The van der Waals surface area contributed by atoms with Crippen molar-refractivity contribution in [3.63, 3.8) is 0 Å². The molecule has 0 N–H and O–H groups in total. The van der Waals surface area contributed by atoms with Gasteiger partial charge in [0.05, 0.1) is 13.3 Å². The molecule has 1 amide bonds. The van der Waals surface area contributed by atoms with Crippen LogP contribution in [-0.4, -0.2) is 76.1 Å². The maximum absolute atomic E-state index is 11.9. The van der Waals surface area contributed by atoms with Crippen LogP contribution in [-0.2, 0) is 18.3 Å². The summed E-state index contributed by atoms with van der Waals surface area (Å²) in [4.78, 5) is 15.1. The van der Waals surface area contributed by atoms with Gasteiger partial charge in [-0.05, 0) is 0 Å². The molecule has 0 bridgehead atoms. The van der Waals surface area contributed by atoms with Crippen LogP contribution in [0.1, 0.15) is 0 Å². The lowest BCUT2D eigenvalue weighted by molar-refractivity contribution is 0.0923. The Balaban J connectivity index is 2.32. The zero-order valence-electron chi connectivity index (χ0n) is 11.1. The molecule has 0 radical (unpaired) electrons. The van der Waals surface area contributed by atoms with Crippen LogP contribution in [0.5, 0.6) is 0 Å². The molecule has 0 aliphatic carbocycles. The number of methoxy groups -OCH3 is 1. The lowest BCUT2D eigenvalue weighted by Crippen LogP contribution is -2.49. The second kappa shape index (κ2) is 7.09. The molecule has 18 heavy (non-hydrogen) atoms. The summed E-state index contributed by atoms with van der Waals surface area (Å²) in [6.45, 7) is 3.35. The Bertz CT molecular complexity index is 309. The SMILES string of the molecule is COC(=O)N1CCN(CCP(=O)(OC)OC)CC1. The molecule has 8 heteroatoms. The molecule has 1 aliphatic rings. The summed E-state index contributed by atoms with van der Waals surface area (Å²) in [5, 5.41) is 0. The fraction of sp³-hybridized carbons (Fsp3) is 0.900. The van der Waals surface area contributed by atoms with Crippen LogP contribution in [0, 0.1) is 0 Å². The van der Waals surface area contributed by atoms with E-state index < -0.39 is 7.60 Å². The predicted octanol–water partition coefficient (Wildman–Crippen LogP) is 0.856. The molecule has 1 rings (SSSR count). The molecular formula is C10H21N2O5P. The number of piperazine rings is 1. The zero-order valence-corrected chi connectivity index (χ0v) is 12.0. The number of hydrogen-bond donors (Lipinski definition) is 0. The van der Waals surface area contributed by atoms with Crippen LogP contribution in [0.3, 0.4) is 0 Å². The van der Waals surface area contributed by atoms with E-state index in [1.165, 1.54) is 21.3 Å². The fourth-order valence-corrected chi connectivity index (χ4v) is 2.85. The van der Waals surface area contributed by atoms with Crippen molar-refractivity contribution >= 4 is 13.7 Å². The molecule has 1 saturated heterocycles. The summed E-state index contributed by atoms with van der Waals surface area (Å²) in [6.07, 6.45) is 0.0622. The summed E-state index contributed by atoms with van der Waals surface area (Å²) in [6, 6.07) is 0. The smallest absolute Gasteiger partial charge is 0.409 e. The Morgan fingerprint density at radius 2 is 1.67 bits per heavy atom. The molecule has 0 aromatic heterocycles. The largest absolute Gasteiger partial charge is 0.453 e. The minimum atomic E-state index is -2.93. The lowest BCUT2D eigenvalue weighted by atomic mass is 10.3. The molecular weight excluding hydrogens is 259 g/mol. The first kappa shape index (κ1) is 15.4. The number of carbonyl (C=O) groups excluding carboxylic acids is 1. The van der Waals surface area contributed by atoms with Crippen LogP contribution < -0.4 is 0 Å². The van der Waals surface area contributed by atoms with Gasteiger partial charge in [-0.2, -0.15) is 0 Å². The first-order chi connectivity index (χ1) is 8.54. The molecule has 0 unspecified atom stereocenters. The standard InChI is InChI=1S/C10H21N2O5P/c1-15-10(13)12-6-4-11(5-7-12)8-9-18(14,16-2)17-3/h4-9H2,1-3H3. The molecule has 0 aromatic rings. The zero-order chi connectivity index (χ0) is 13.6. The Morgan fingerprint density at radius 3 is 2.11 bits per heavy atom. The van der Waals surface area contributed by atoms with Crippen LogP contribution in [0.4, 0.5) is 4.79 Å². The maximum atomic E-state index is 11.9. The van der Waals surface area contributed by atoms with Gasteiger partial charge in [0.15, 0.2) is 0 Å². The van der Waals surface area contributed by atoms with Crippen LogP contribution >= 0.6 is 7.60 Å². The molecule has 0 atom stereocenters. The summed E-state index contributed by atoms with van der Waals surface area (Å²) in [7, 11) is 1.22. The summed E-state index contributed by atoms with van der Waals surface area (Å²) >= 11 is 0. The van der Waals surface area contributed by atoms with Gasteiger partial charge in [0.25, 0.3) is 0 Å². The topological polar surface area (TPSA) is 68.3 Å². The quantitative estimate of drug-likeness (QED) is 0.696. The van der Waals surface area contributed by atoms with Gasteiger partial charge in [0, 0.05) is 46.9 Å². The minimum Gasteiger partial charge on any atom is -0.453 e. The molecule has 0 aromatic carbocycles. The van der Waals surface area contributed by atoms with E-state index in [0.717, 1.165) is 13.1 Å². The summed E-state index contributed by atoms with van der Waals surface area (Å²) in [5.41, 5.74) is 0. The van der Waals surface area contributed by atoms with Crippen molar-refractivity contribution in [1.82, 2.24) is 9.80 Å². The molecule has 1 fully saturated rings. The second-order valence-electron chi connectivity index (χ2n) is 4.00. The number of amides is 1. The van der Waals surface area contributed by atoms with Crippen molar-refractivity contribution < 1.29 is 23.1 Å². The molecule has 1 aliphatic heterocycles. The molecule has 0 saturated carbocycles. The molecule has 1 heterocycles. The van der Waals surface area contributed by atoms with Crippen molar-refractivity contribution in [2.45, 2.75) is 0 Å². The van der Waals surface area contributed by atoms with Gasteiger partial charge >= 0.3 is 13.7 Å². The van der Waals surface area contributed by atoms with E-state index in [1.54, 1.807) is 4.90 Å². The van der Waals surface area contributed by atoms with E-state index in [0.29, 0.717) is 25.8 Å². The lowest BCUT2D eigenvalue weighted by Gasteiger charge is -2.34. The van der Waals surface area contributed by atoms with Gasteiger partial charge in [0.2, 0.25) is 0 Å². The van der Waals surface area contributed by atoms with Crippen molar-refractivity contribution in [1.29, 1.82) is 0 Å². The Hall–Kier alpha value is -0.620. The number of hydrogen-bond acceptors (Lipinski definition) is 6. The van der Waals surface area contributed by atoms with Crippen LogP contribution in [0.2, 0.25) is 0 Å². The molecule has 106 valence electrons. The Morgan fingerprint density at radius 1 is 1.11 bits per heavy atom. The summed E-state index contributed by atoms with van der Waals surface area (Å²) in [5.74, 6) is 0. The average molecular weight is 280 g/mol. The first-order valence-electron chi connectivity index (χ1n) is 5.80. The predicted molar refractivity (Wildman–Crippen MR) is 66.9 cm³/mol. The molecule has 0 spiro atoms. The summed E-state index contributed by atoms with van der Waals surface area (Å²) < 4.78 is 26.3. The number of rotatable bonds is 5. The van der Waals surface area contributed by atoms with Crippen LogP contribution in [0.15, 0.2) is 0 Å². The van der Waals surface area contributed by atoms with Crippen molar-refractivity contribution in [3.05, 3.63) is 0 Å². The number of nitrogens with zero attached hydrogens (tertiary/aromatic N) is 2. The second-order valence-corrected chi connectivity index (χ2v) is 6.40. The third kappa shape index (κ3) is 4.24. The molecule has 7 nitrogen and oxygen atoms in total. The fourth-order valence-electron chi connectivity index (χ4n) is 1.80. The maximum Gasteiger partial charge on any atom is 0.409 e. The van der Waals surface area contributed by atoms with E-state index in [1.807, 2.05) is 0 Å². The van der Waals surface area contributed by atoms with E-state index in [9.17, 15) is 9.36 Å². The van der Waals surface area contributed by atoms with Gasteiger partial charge in [0.1, 0.15) is 0 Å². The monoisotopic (exact) mass is 280 g/mol. The number of carbonyl (C=O) groups is 1. The third-order valence-electron chi connectivity index (χ3n) is 3.05. The minimum absolute atomic E-state index is 0.297. The third-order valence-corrected chi connectivity index (χ3v) is 4.91. The van der Waals surface area contributed by atoms with E-state index in [2.05, 4.69) is 9.64 Å². The van der Waals surface area contributed by atoms with E-state index >= 15 is 0 Å². The Labute approximate surface area is 108 Å². The van der Waals surface area contributed by atoms with Crippen molar-refractivity contribution in [2.24, 2.45) is 0 Å². The Kier molecular flexibility index (Phi) is 6.08. The van der Waals surface area contributed by atoms with Crippen molar-refractivity contribution in [3.8, 4) is 0 Å². The van der Waals surface area contributed by atoms with Crippen molar-refractivity contribution in [2.75, 3.05) is 60.2 Å². The van der Waals surface area contributed by atoms with Gasteiger partial charge in [-0.25, -0.2) is 4.79 Å². The first-order valence-corrected chi connectivity index (χ1v) is 7.53. The van der Waals surface area contributed by atoms with Gasteiger partial charge in [-0.15, -0.1) is 0 Å². The average Bonchev–Trinajstić information content (AvgIpc) is 2.44. The van der Waals surface area contributed by atoms with Gasteiger partial charge in [-0.3, -0.25) is 9.46 Å². The van der Waals surface area contributed by atoms with Gasteiger partial charge in [-0.1, -0.05) is 0 Å². The van der Waals surface area contributed by atoms with Crippen LogP contribution in [0.25, 0.3) is 0 Å². The van der Waals surface area contributed by atoms with E-state index in [-0.39, 0.29) is 6.09 Å².